The van der Waals surface area contributed by atoms with E-state index in [0.717, 1.165) is 23.6 Å². The van der Waals surface area contributed by atoms with E-state index >= 15 is 0 Å². The van der Waals surface area contributed by atoms with Crippen molar-refractivity contribution in [1.82, 2.24) is 0 Å². The van der Waals surface area contributed by atoms with Gasteiger partial charge in [-0.15, -0.1) is 0 Å². The number of rotatable bonds is 9. The van der Waals surface area contributed by atoms with Gasteiger partial charge in [-0.1, -0.05) is 49.9 Å². The third-order valence-electron chi connectivity index (χ3n) is 2.95. The highest BCUT2D eigenvalue weighted by molar-refractivity contribution is 6.64. The number of benzene rings is 1. The van der Waals surface area contributed by atoms with Crippen LogP contribution in [-0.4, -0.2) is 15.2 Å². The fourth-order valence-electron chi connectivity index (χ4n) is 1.73. The van der Waals surface area contributed by atoms with Gasteiger partial charge in [0.25, 0.3) is 0 Å². The first kappa shape index (κ1) is 16.7. The van der Waals surface area contributed by atoms with E-state index in [1.807, 2.05) is 24.3 Å². The second-order valence-electron chi connectivity index (χ2n) is 5.22. The number of halogens is 1. The highest BCUT2D eigenvalue weighted by Gasteiger charge is 2.24. The Morgan fingerprint density at radius 1 is 1.00 bits per heavy atom. The van der Waals surface area contributed by atoms with Gasteiger partial charge >= 0.3 is 8.56 Å². The van der Waals surface area contributed by atoms with Crippen LogP contribution in [-0.2, 0) is 15.5 Å². The lowest BCUT2D eigenvalue weighted by Gasteiger charge is -2.23. The van der Waals surface area contributed by atoms with E-state index in [9.17, 15) is 0 Å². The van der Waals surface area contributed by atoms with Crippen LogP contribution in [0.4, 0.5) is 0 Å². The molecule has 1 aromatic rings. The second-order valence-corrected chi connectivity index (χ2v) is 9.04. The van der Waals surface area contributed by atoms with Gasteiger partial charge in [0, 0.05) is 11.6 Å². The lowest BCUT2D eigenvalue weighted by Crippen LogP contribution is -2.35. The van der Waals surface area contributed by atoms with Crippen LogP contribution in [0.1, 0.15) is 38.2 Å². The SMILES string of the molecule is CCCCCCO[Si](C)(C)OCc1ccc(Cl)cc1. The zero-order valence-electron chi connectivity index (χ0n) is 12.2. The average Bonchev–Trinajstić information content (AvgIpc) is 2.38. The normalized spacial score (nSPS) is 11.8. The van der Waals surface area contributed by atoms with E-state index in [2.05, 4.69) is 20.0 Å². The van der Waals surface area contributed by atoms with E-state index in [0.29, 0.717) is 6.61 Å². The van der Waals surface area contributed by atoms with Crippen molar-refractivity contribution in [3.05, 3.63) is 34.9 Å². The maximum Gasteiger partial charge on any atom is 0.332 e. The summed E-state index contributed by atoms with van der Waals surface area (Å²) in [4.78, 5) is 0. The van der Waals surface area contributed by atoms with Crippen LogP contribution < -0.4 is 0 Å². The molecule has 108 valence electrons. The average molecular weight is 301 g/mol. The van der Waals surface area contributed by atoms with E-state index in [4.69, 9.17) is 20.5 Å². The first-order chi connectivity index (χ1) is 9.03. The summed E-state index contributed by atoms with van der Waals surface area (Å²) < 4.78 is 11.8. The summed E-state index contributed by atoms with van der Waals surface area (Å²) in [6.45, 7) is 7.84. The molecule has 0 saturated heterocycles. The van der Waals surface area contributed by atoms with E-state index in [1.54, 1.807) is 0 Å². The highest BCUT2D eigenvalue weighted by atomic mass is 35.5. The first-order valence-corrected chi connectivity index (χ1v) is 10.3. The van der Waals surface area contributed by atoms with Crippen molar-refractivity contribution in [3.8, 4) is 0 Å². The molecule has 0 aliphatic heterocycles. The summed E-state index contributed by atoms with van der Waals surface area (Å²) in [5, 5.41) is 0.757. The molecule has 4 heteroatoms. The minimum Gasteiger partial charge on any atom is -0.395 e. The predicted octanol–water partition coefficient (Wildman–Crippen LogP) is 5.16. The summed E-state index contributed by atoms with van der Waals surface area (Å²) >= 11 is 5.86. The molecular formula is C15H25ClO2Si. The van der Waals surface area contributed by atoms with Crippen LogP contribution in [0.5, 0.6) is 0 Å². The quantitative estimate of drug-likeness (QED) is 0.463. The summed E-state index contributed by atoms with van der Waals surface area (Å²) in [6, 6.07) is 7.77. The van der Waals surface area contributed by atoms with Gasteiger partial charge in [0.2, 0.25) is 0 Å². The van der Waals surface area contributed by atoms with Gasteiger partial charge < -0.3 is 8.85 Å². The van der Waals surface area contributed by atoms with Crippen LogP contribution in [0.2, 0.25) is 18.1 Å². The summed E-state index contributed by atoms with van der Waals surface area (Å²) in [6.07, 6.45) is 4.93. The molecule has 2 nitrogen and oxygen atoms in total. The van der Waals surface area contributed by atoms with Crippen molar-refractivity contribution in [1.29, 1.82) is 0 Å². The molecule has 0 aromatic heterocycles. The van der Waals surface area contributed by atoms with Crippen LogP contribution in [0, 0.1) is 0 Å². The van der Waals surface area contributed by atoms with Crippen LogP contribution in [0.15, 0.2) is 24.3 Å². The monoisotopic (exact) mass is 300 g/mol. The topological polar surface area (TPSA) is 18.5 Å². The standard InChI is InChI=1S/C15H25ClO2Si/c1-4-5-6-7-12-17-19(2,3)18-13-14-8-10-15(16)11-9-14/h8-11H,4-7,12-13H2,1-3H3. The molecule has 0 fully saturated rings. The molecule has 0 heterocycles. The van der Waals surface area contributed by atoms with Crippen molar-refractivity contribution in [2.45, 2.75) is 52.3 Å². The highest BCUT2D eigenvalue weighted by Crippen LogP contribution is 2.14. The molecule has 0 aliphatic carbocycles. The molecule has 0 spiro atoms. The predicted molar refractivity (Wildman–Crippen MR) is 83.8 cm³/mol. The van der Waals surface area contributed by atoms with Gasteiger partial charge in [-0.3, -0.25) is 0 Å². The van der Waals surface area contributed by atoms with Crippen LogP contribution in [0.3, 0.4) is 0 Å². The van der Waals surface area contributed by atoms with Gasteiger partial charge in [-0.05, 0) is 37.2 Å². The largest absolute Gasteiger partial charge is 0.395 e. The number of unbranched alkanes of at least 4 members (excludes halogenated alkanes) is 3. The molecule has 1 aromatic carbocycles. The Balaban J connectivity index is 2.24. The Labute approximate surface area is 123 Å². The Kier molecular flexibility index (Phi) is 7.69. The Morgan fingerprint density at radius 3 is 2.32 bits per heavy atom. The Morgan fingerprint density at radius 2 is 1.68 bits per heavy atom. The minimum atomic E-state index is -1.99. The molecular weight excluding hydrogens is 276 g/mol. The Hall–Kier alpha value is -0.353. The maximum absolute atomic E-state index is 5.94. The van der Waals surface area contributed by atoms with E-state index in [-0.39, 0.29) is 0 Å². The molecule has 0 unspecified atom stereocenters. The van der Waals surface area contributed by atoms with Gasteiger partial charge in [-0.2, -0.15) is 0 Å². The summed E-state index contributed by atoms with van der Waals surface area (Å²) in [7, 11) is -1.99. The molecule has 0 bridgehead atoms. The lowest BCUT2D eigenvalue weighted by atomic mass is 10.2. The molecule has 19 heavy (non-hydrogen) atoms. The zero-order chi connectivity index (χ0) is 14.1. The number of hydrogen-bond acceptors (Lipinski definition) is 2. The van der Waals surface area contributed by atoms with Crippen LogP contribution in [0.25, 0.3) is 0 Å². The van der Waals surface area contributed by atoms with E-state index in [1.165, 1.54) is 19.3 Å². The van der Waals surface area contributed by atoms with Crippen molar-refractivity contribution < 1.29 is 8.85 Å². The van der Waals surface area contributed by atoms with Crippen molar-refractivity contribution >= 4 is 20.2 Å². The number of hydrogen-bond donors (Lipinski definition) is 0. The van der Waals surface area contributed by atoms with Crippen molar-refractivity contribution in [2.24, 2.45) is 0 Å². The minimum absolute atomic E-state index is 0.603. The van der Waals surface area contributed by atoms with Gasteiger partial charge in [0.1, 0.15) is 0 Å². The smallest absolute Gasteiger partial charge is 0.332 e. The summed E-state index contributed by atoms with van der Waals surface area (Å²) in [5.41, 5.74) is 1.14. The molecule has 0 N–H and O–H groups in total. The van der Waals surface area contributed by atoms with Gasteiger partial charge in [0.15, 0.2) is 0 Å². The fourth-order valence-corrected chi connectivity index (χ4v) is 3.09. The van der Waals surface area contributed by atoms with Crippen molar-refractivity contribution in [2.75, 3.05) is 6.61 Å². The summed E-state index contributed by atoms with van der Waals surface area (Å²) in [5.74, 6) is 0. The molecule has 0 saturated carbocycles. The second kappa shape index (κ2) is 8.75. The Bertz CT molecular complexity index is 352. The first-order valence-electron chi connectivity index (χ1n) is 7.06. The third kappa shape index (κ3) is 7.73. The third-order valence-corrected chi connectivity index (χ3v) is 4.94. The lowest BCUT2D eigenvalue weighted by molar-refractivity contribution is 0.168. The van der Waals surface area contributed by atoms with E-state index < -0.39 is 8.56 Å². The van der Waals surface area contributed by atoms with Gasteiger partial charge in [-0.25, -0.2) is 0 Å². The van der Waals surface area contributed by atoms with Gasteiger partial charge in [0.05, 0.1) is 6.61 Å². The molecule has 0 atom stereocenters. The molecule has 0 amide bonds. The zero-order valence-corrected chi connectivity index (χ0v) is 14.0. The van der Waals surface area contributed by atoms with Crippen LogP contribution >= 0.6 is 11.6 Å². The van der Waals surface area contributed by atoms with Crippen molar-refractivity contribution in [3.63, 3.8) is 0 Å². The maximum atomic E-state index is 5.94. The molecule has 0 aliphatic rings. The molecule has 1 rings (SSSR count). The molecule has 0 radical (unpaired) electrons. The fraction of sp³-hybridized carbons (Fsp3) is 0.600.